The van der Waals surface area contributed by atoms with Crippen molar-refractivity contribution in [1.82, 2.24) is 10.2 Å². The lowest BCUT2D eigenvalue weighted by molar-refractivity contribution is -0.146. The van der Waals surface area contributed by atoms with Gasteiger partial charge in [-0.15, -0.1) is 0 Å². The van der Waals surface area contributed by atoms with Gasteiger partial charge in [0, 0.05) is 25.6 Å². The maximum absolute atomic E-state index is 11.8. The van der Waals surface area contributed by atoms with Gasteiger partial charge in [-0.1, -0.05) is 20.8 Å². The number of nitrogens with zero attached hydrogens (tertiary/aromatic N) is 1. The quantitative estimate of drug-likeness (QED) is 0.764. The van der Waals surface area contributed by atoms with Gasteiger partial charge in [-0.05, 0) is 25.3 Å². The monoisotopic (exact) mass is 270 g/mol. The SMILES string of the molecule is CCC(=O)N1CC(NCCC(C)C)CC(C(=O)O)C1. The van der Waals surface area contributed by atoms with Crippen LogP contribution in [-0.2, 0) is 9.59 Å². The summed E-state index contributed by atoms with van der Waals surface area (Å²) in [6.07, 6.45) is 2.11. The van der Waals surface area contributed by atoms with Gasteiger partial charge in [-0.25, -0.2) is 0 Å². The predicted octanol–water partition coefficient (Wildman–Crippen LogP) is 1.33. The number of piperidine rings is 1. The molecule has 19 heavy (non-hydrogen) atoms. The first-order valence-electron chi connectivity index (χ1n) is 7.18. The molecule has 0 aliphatic carbocycles. The molecule has 1 saturated heterocycles. The largest absolute Gasteiger partial charge is 0.481 e. The van der Waals surface area contributed by atoms with Gasteiger partial charge in [0.05, 0.1) is 5.92 Å². The van der Waals surface area contributed by atoms with Crippen LogP contribution in [-0.4, -0.2) is 47.6 Å². The standard InChI is InChI=1S/C14H26N2O3/c1-4-13(17)16-8-11(14(18)19)7-12(9-16)15-6-5-10(2)3/h10-12,15H,4-9H2,1-3H3,(H,18,19). The van der Waals surface area contributed by atoms with Gasteiger partial charge in [0.1, 0.15) is 0 Å². The van der Waals surface area contributed by atoms with Gasteiger partial charge >= 0.3 is 5.97 Å². The molecule has 1 amide bonds. The Bertz CT molecular complexity index is 318. The Morgan fingerprint density at radius 3 is 2.58 bits per heavy atom. The van der Waals surface area contributed by atoms with E-state index in [2.05, 4.69) is 19.2 Å². The van der Waals surface area contributed by atoms with Crippen molar-refractivity contribution < 1.29 is 14.7 Å². The highest BCUT2D eigenvalue weighted by molar-refractivity contribution is 5.77. The molecular formula is C14H26N2O3. The molecule has 110 valence electrons. The summed E-state index contributed by atoms with van der Waals surface area (Å²) in [6, 6.07) is 0.101. The van der Waals surface area contributed by atoms with Crippen molar-refractivity contribution in [2.24, 2.45) is 11.8 Å². The number of aliphatic carboxylic acids is 1. The molecule has 0 aromatic carbocycles. The summed E-state index contributed by atoms with van der Waals surface area (Å²) >= 11 is 0. The lowest BCUT2D eigenvalue weighted by atomic mass is 9.93. The number of carboxylic acid groups (broad SMARTS) is 1. The van der Waals surface area contributed by atoms with Crippen LogP contribution in [0.1, 0.15) is 40.0 Å². The Morgan fingerprint density at radius 1 is 1.37 bits per heavy atom. The summed E-state index contributed by atoms with van der Waals surface area (Å²) in [5, 5.41) is 12.6. The van der Waals surface area contributed by atoms with Crippen molar-refractivity contribution in [2.45, 2.75) is 46.1 Å². The molecule has 2 unspecified atom stereocenters. The van der Waals surface area contributed by atoms with Gasteiger partial charge in [0.2, 0.25) is 5.91 Å². The highest BCUT2D eigenvalue weighted by Crippen LogP contribution is 2.18. The molecule has 0 spiro atoms. The van der Waals surface area contributed by atoms with Crippen molar-refractivity contribution in [3.8, 4) is 0 Å². The Balaban J connectivity index is 2.55. The Morgan fingerprint density at radius 2 is 2.05 bits per heavy atom. The molecule has 1 aliphatic rings. The molecule has 0 aromatic heterocycles. The van der Waals surface area contributed by atoms with Gasteiger partial charge in [0.25, 0.3) is 0 Å². The highest BCUT2D eigenvalue weighted by atomic mass is 16.4. The summed E-state index contributed by atoms with van der Waals surface area (Å²) in [7, 11) is 0. The Kier molecular flexibility index (Phi) is 6.28. The topological polar surface area (TPSA) is 69.6 Å². The second-order valence-corrected chi connectivity index (χ2v) is 5.76. The van der Waals surface area contributed by atoms with Crippen molar-refractivity contribution >= 4 is 11.9 Å². The van der Waals surface area contributed by atoms with Gasteiger partial charge < -0.3 is 15.3 Å². The van der Waals surface area contributed by atoms with Crippen LogP contribution in [0.25, 0.3) is 0 Å². The first kappa shape index (κ1) is 16.0. The average Bonchev–Trinajstić information content (AvgIpc) is 2.37. The highest BCUT2D eigenvalue weighted by Gasteiger charge is 2.32. The van der Waals surface area contributed by atoms with Crippen LogP contribution in [0.4, 0.5) is 0 Å². The normalized spacial score (nSPS) is 23.7. The van der Waals surface area contributed by atoms with Crippen molar-refractivity contribution in [3.63, 3.8) is 0 Å². The van der Waals surface area contributed by atoms with E-state index in [-0.39, 0.29) is 11.9 Å². The first-order valence-corrected chi connectivity index (χ1v) is 7.18. The molecule has 1 aliphatic heterocycles. The van der Waals surface area contributed by atoms with E-state index in [9.17, 15) is 14.7 Å². The van der Waals surface area contributed by atoms with Crippen LogP contribution >= 0.6 is 0 Å². The van der Waals surface area contributed by atoms with E-state index >= 15 is 0 Å². The summed E-state index contributed by atoms with van der Waals surface area (Å²) < 4.78 is 0. The zero-order chi connectivity index (χ0) is 14.4. The number of nitrogens with one attached hydrogen (secondary N) is 1. The maximum Gasteiger partial charge on any atom is 0.308 e. The minimum absolute atomic E-state index is 0.0432. The predicted molar refractivity (Wildman–Crippen MR) is 73.9 cm³/mol. The number of hydrogen-bond acceptors (Lipinski definition) is 3. The molecule has 2 N–H and O–H groups in total. The molecule has 2 atom stereocenters. The number of rotatable bonds is 6. The molecule has 5 heteroatoms. The van der Waals surface area contributed by atoms with E-state index in [4.69, 9.17) is 0 Å². The fraction of sp³-hybridized carbons (Fsp3) is 0.857. The summed E-state index contributed by atoms with van der Waals surface area (Å²) in [5.74, 6) is -0.577. The van der Waals surface area contributed by atoms with Crippen molar-refractivity contribution in [1.29, 1.82) is 0 Å². The minimum Gasteiger partial charge on any atom is -0.481 e. The molecule has 0 radical (unpaired) electrons. The van der Waals surface area contributed by atoms with Crippen LogP contribution in [0.5, 0.6) is 0 Å². The van der Waals surface area contributed by atoms with Gasteiger partial charge in [-0.3, -0.25) is 9.59 Å². The van der Waals surface area contributed by atoms with Crippen LogP contribution in [0.15, 0.2) is 0 Å². The molecule has 1 heterocycles. The van der Waals surface area contributed by atoms with E-state index in [0.29, 0.717) is 31.8 Å². The molecule has 1 fully saturated rings. The van der Waals surface area contributed by atoms with Gasteiger partial charge in [0.15, 0.2) is 0 Å². The fourth-order valence-corrected chi connectivity index (χ4v) is 2.43. The first-order chi connectivity index (χ1) is 8.93. The second-order valence-electron chi connectivity index (χ2n) is 5.76. The Hall–Kier alpha value is -1.10. The van der Waals surface area contributed by atoms with Crippen molar-refractivity contribution in [2.75, 3.05) is 19.6 Å². The third kappa shape index (κ3) is 5.19. The summed E-state index contributed by atoms with van der Waals surface area (Å²) in [6.45, 7) is 8.00. The molecule has 0 bridgehead atoms. The van der Waals surface area contributed by atoms with Crippen LogP contribution in [0.2, 0.25) is 0 Å². The number of carbonyl (C=O) groups is 2. The van der Waals surface area contributed by atoms with Crippen molar-refractivity contribution in [3.05, 3.63) is 0 Å². The summed E-state index contributed by atoms with van der Waals surface area (Å²) in [4.78, 5) is 24.6. The fourth-order valence-electron chi connectivity index (χ4n) is 2.43. The van der Waals surface area contributed by atoms with Crippen LogP contribution in [0, 0.1) is 11.8 Å². The molecular weight excluding hydrogens is 244 g/mol. The lowest BCUT2D eigenvalue weighted by Crippen LogP contribution is -2.53. The number of carboxylic acids is 1. The van der Waals surface area contributed by atoms with E-state index in [1.54, 1.807) is 4.90 Å². The third-order valence-electron chi connectivity index (χ3n) is 3.61. The van der Waals surface area contributed by atoms with E-state index in [1.165, 1.54) is 0 Å². The maximum atomic E-state index is 11.8. The average molecular weight is 270 g/mol. The number of likely N-dealkylation sites (tertiary alicyclic amines) is 1. The number of amides is 1. The van der Waals surface area contributed by atoms with E-state index < -0.39 is 11.9 Å². The van der Waals surface area contributed by atoms with Crippen LogP contribution < -0.4 is 5.32 Å². The molecule has 0 aromatic rings. The Labute approximate surface area is 115 Å². The van der Waals surface area contributed by atoms with E-state index in [1.807, 2.05) is 6.92 Å². The van der Waals surface area contributed by atoms with Crippen LogP contribution in [0.3, 0.4) is 0 Å². The molecule has 0 saturated carbocycles. The number of hydrogen-bond donors (Lipinski definition) is 2. The molecule has 1 rings (SSSR count). The zero-order valence-electron chi connectivity index (χ0n) is 12.2. The second kappa shape index (κ2) is 7.48. The smallest absolute Gasteiger partial charge is 0.308 e. The minimum atomic E-state index is -0.802. The summed E-state index contributed by atoms with van der Waals surface area (Å²) in [5.41, 5.74) is 0. The third-order valence-corrected chi connectivity index (χ3v) is 3.61. The van der Waals surface area contributed by atoms with Gasteiger partial charge in [-0.2, -0.15) is 0 Å². The zero-order valence-corrected chi connectivity index (χ0v) is 12.2. The molecule has 5 nitrogen and oxygen atoms in total. The lowest BCUT2D eigenvalue weighted by Gasteiger charge is -2.36. The van der Waals surface area contributed by atoms with E-state index in [0.717, 1.165) is 13.0 Å². The number of carbonyl (C=O) groups excluding carboxylic acids is 1.